The van der Waals surface area contributed by atoms with Crippen molar-refractivity contribution < 1.29 is 23.3 Å². The van der Waals surface area contributed by atoms with Crippen LogP contribution in [0.2, 0.25) is 0 Å². The number of non-ortho nitro benzene ring substituents is 1. The number of allylic oxidation sites excluding steroid dienone is 1. The summed E-state index contributed by atoms with van der Waals surface area (Å²) in [4.78, 5) is 34.7. The Morgan fingerprint density at radius 1 is 1.14 bits per heavy atom. The zero-order valence-electron chi connectivity index (χ0n) is 14.5. The molecule has 144 valence electrons. The second-order valence-corrected chi connectivity index (χ2v) is 5.96. The molecule has 0 bridgehead atoms. The third kappa shape index (κ3) is 3.65. The van der Waals surface area contributed by atoms with Crippen molar-refractivity contribution in [1.29, 1.82) is 0 Å². The van der Waals surface area contributed by atoms with Crippen LogP contribution in [0.15, 0.2) is 53.7 Å². The third-order valence-corrected chi connectivity index (χ3v) is 4.14. The number of nitrogens with zero attached hydrogens (tertiary/aromatic N) is 1. The van der Waals surface area contributed by atoms with Crippen LogP contribution in [0.1, 0.15) is 18.5 Å². The zero-order valence-corrected chi connectivity index (χ0v) is 14.5. The second kappa shape index (κ2) is 7.43. The van der Waals surface area contributed by atoms with Crippen molar-refractivity contribution in [3.05, 3.63) is 81.0 Å². The fraction of sp³-hybridized carbons (Fsp3) is 0.111. The molecule has 0 aromatic heterocycles. The van der Waals surface area contributed by atoms with Crippen molar-refractivity contribution in [2.75, 3.05) is 5.32 Å². The molecule has 3 N–H and O–H groups in total. The largest absolute Gasteiger partial charge is 0.326 e. The molecule has 0 radical (unpaired) electrons. The van der Waals surface area contributed by atoms with E-state index in [0.717, 1.165) is 12.1 Å². The molecule has 3 rings (SSSR count). The first-order valence-electron chi connectivity index (χ1n) is 8.06. The van der Waals surface area contributed by atoms with E-state index in [4.69, 9.17) is 0 Å². The van der Waals surface area contributed by atoms with E-state index in [1.165, 1.54) is 37.3 Å². The maximum absolute atomic E-state index is 14.2. The summed E-state index contributed by atoms with van der Waals surface area (Å²) in [5, 5.41) is 18.0. The third-order valence-electron chi connectivity index (χ3n) is 4.14. The van der Waals surface area contributed by atoms with Crippen molar-refractivity contribution in [2.24, 2.45) is 0 Å². The number of carbonyl (C=O) groups excluding carboxylic acids is 2. The monoisotopic (exact) mass is 388 g/mol. The number of hydrogen-bond donors (Lipinski definition) is 3. The Hall–Kier alpha value is -3.82. The molecule has 0 aliphatic carbocycles. The summed E-state index contributed by atoms with van der Waals surface area (Å²) in [5.74, 6) is -2.56. The number of nitro benzene ring substituents is 1. The van der Waals surface area contributed by atoms with Crippen LogP contribution < -0.4 is 16.0 Å². The van der Waals surface area contributed by atoms with E-state index >= 15 is 0 Å². The highest BCUT2D eigenvalue weighted by molar-refractivity contribution is 6.06. The van der Waals surface area contributed by atoms with Crippen molar-refractivity contribution >= 4 is 23.3 Å². The van der Waals surface area contributed by atoms with E-state index in [2.05, 4.69) is 16.0 Å². The molecule has 2 aromatic carbocycles. The maximum Gasteiger partial charge on any atom is 0.319 e. The molecule has 0 fully saturated rings. The summed E-state index contributed by atoms with van der Waals surface area (Å²) in [6, 6.07) is 6.19. The lowest BCUT2D eigenvalue weighted by molar-refractivity contribution is -0.384. The highest BCUT2D eigenvalue weighted by Crippen LogP contribution is 2.31. The molecule has 0 spiro atoms. The number of anilines is 1. The summed E-state index contributed by atoms with van der Waals surface area (Å²) in [6.07, 6.45) is 0. The standard InChI is InChI=1S/C18H14F2N4O4/c1-9-14(17(25)22-10-5-7-11(8-6-10)24(27)28)16(23-18(26)21-9)15-12(19)3-2-4-13(15)20/h2-8,16H,1H3,(H,22,25)(H2,21,23,26). The van der Waals surface area contributed by atoms with E-state index in [9.17, 15) is 28.5 Å². The number of nitro groups is 1. The van der Waals surface area contributed by atoms with Gasteiger partial charge in [-0.05, 0) is 31.2 Å². The number of urea groups is 1. The molecule has 1 aliphatic heterocycles. The molecular formula is C18H14F2N4O4. The minimum Gasteiger partial charge on any atom is -0.326 e. The van der Waals surface area contributed by atoms with E-state index < -0.39 is 40.1 Å². The fourth-order valence-corrected chi connectivity index (χ4v) is 2.86. The van der Waals surface area contributed by atoms with E-state index in [0.29, 0.717) is 0 Å². The molecule has 1 aliphatic rings. The SMILES string of the molecule is CC1=C(C(=O)Nc2ccc([N+](=O)[O-])cc2)C(c2c(F)cccc2F)NC(=O)N1. The number of hydrogen-bond acceptors (Lipinski definition) is 4. The summed E-state index contributed by atoms with van der Waals surface area (Å²) in [5.41, 5.74) is -0.366. The number of carbonyl (C=O) groups is 2. The highest BCUT2D eigenvalue weighted by Gasteiger charge is 2.34. The first kappa shape index (κ1) is 19.0. The number of halogens is 2. The number of benzene rings is 2. The fourth-order valence-electron chi connectivity index (χ4n) is 2.86. The van der Waals surface area contributed by atoms with Gasteiger partial charge in [-0.1, -0.05) is 6.07 Å². The van der Waals surface area contributed by atoms with Crippen molar-refractivity contribution in [3.8, 4) is 0 Å². The molecule has 2 aromatic rings. The Morgan fingerprint density at radius 2 is 1.75 bits per heavy atom. The van der Waals surface area contributed by atoms with Crippen LogP contribution in [-0.2, 0) is 4.79 Å². The number of amides is 3. The Morgan fingerprint density at radius 3 is 2.32 bits per heavy atom. The van der Waals surface area contributed by atoms with Gasteiger partial charge in [0, 0.05) is 23.5 Å². The van der Waals surface area contributed by atoms with Crippen LogP contribution in [0.3, 0.4) is 0 Å². The van der Waals surface area contributed by atoms with Gasteiger partial charge in [-0.2, -0.15) is 0 Å². The summed E-state index contributed by atoms with van der Waals surface area (Å²) in [6.45, 7) is 1.43. The molecule has 1 heterocycles. The van der Waals surface area contributed by atoms with Crippen LogP contribution >= 0.6 is 0 Å². The quantitative estimate of drug-likeness (QED) is 0.551. The molecule has 10 heteroatoms. The molecule has 8 nitrogen and oxygen atoms in total. The maximum atomic E-state index is 14.2. The van der Waals surface area contributed by atoms with Gasteiger partial charge in [0.1, 0.15) is 11.6 Å². The van der Waals surface area contributed by atoms with Crippen molar-refractivity contribution in [1.82, 2.24) is 10.6 Å². The minimum absolute atomic E-state index is 0.0954. The Balaban J connectivity index is 1.96. The van der Waals surface area contributed by atoms with Gasteiger partial charge >= 0.3 is 6.03 Å². The second-order valence-electron chi connectivity index (χ2n) is 5.96. The van der Waals surface area contributed by atoms with Crippen LogP contribution in [0.5, 0.6) is 0 Å². The van der Waals surface area contributed by atoms with Gasteiger partial charge in [-0.25, -0.2) is 13.6 Å². The van der Waals surface area contributed by atoms with Gasteiger partial charge in [0.15, 0.2) is 0 Å². The summed E-state index contributed by atoms with van der Waals surface area (Å²) in [7, 11) is 0. The van der Waals surface area contributed by atoms with Gasteiger partial charge < -0.3 is 16.0 Å². The predicted molar refractivity (Wildman–Crippen MR) is 95.2 cm³/mol. The molecular weight excluding hydrogens is 374 g/mol. The first-order valence-corrected chi connectivity index (χ1v) is 8.06. The number of nitrogens with one attached hydrogen (secondary N) is 3. The van der Waals surface area contributed by atoms with Crippen LogP contribution in [0.25, 0.3) is 0 Å². The van der Waals surface area contributed by atoms with Crippen molar-refractivity contribution in [3.63, 3.8) is 0 Å². The van der Waals surface area contributed by atoms with Gasteiger partial charge in [0.2, 0.25) is 0 Å². The van der Waals surface area contributed by atoms with Crippen LogP contribution in [0.4, 0.5) is 25.0 Å². The van der Waals surface area contributed by atoms with Gasteiger partial charge in [-0.15, -0.1) is 0 Å². The summed E-state index contributed by atoms with van der Waals surface area (Å²) >= 11 is 0. The van der Waals surface area contributed by atoms with Gasteiger partial charge in [-0.3, -0.25) is 14.9 Å². The Kier molecular flexibility index (Phi) is 5.03. The highest BCUT2D eigenvalue weighted by atomic mass is 19.1. The van der Waals surface area contributed by atoms with Gasteiger partial charge in [0.05, 0.1) is 22.1 Å². The normalized spacial score (nSPS) is 16.2. The van der Waals surface area contributed by atoms with Crippen LogP contribution in [-0.4, -0.2) is 16.9 Å². The van der Waals surface area contributed by atoms with Crippen molar-refractivity contribution in [2.45, 2.75) is 13.0 Å². The molecule has 3 amide bonds. The molecule has 1 unspecified atom stereocenters. The van der Waals surface area contributed by atoms with E-state index in [1.54, 1.807) is 0 Å². The number of rotatable bonds is 4. The minimum atomic E-state index is -1.35. The van der Waals surface area contributed by atoms with Gasteiger partial charge in [0.25, 0.3) is 11.6 Å². The zero-order chi connectivity index (χ0) is 20.4. The lowest BCUT2D eigenvalue weighted by Gasteiger charge is -2.29. The first-order chi connectivity index (χ1) is 13.3. The average molecular weight is 388 g/mol. The van der Waals surface area contributed by atoms with E-state index in [-0.39, 0.29) is 22.6 Å². The Labute approximate surface area is 157 Å². The lowest BCUT2D eigenvalue weighted by atomic mass is 9.94. The Bertz CT molecular complexity index is 985. The average Bonchev–Trinajstić information content (AvgIpc) is 2.61. The topological polar surface area (TPSA) is 113 Å². The van der Waals surface area contributed by atoms with Crippen LogP contribution in [0, 0.1) is 21.7 Å². The summed E-state index contributed by atoms with van der Waals surface area (Å²) < 4.78 is 28.5. The lowest BCUT2D eigenvalue weighted by Crippen LogP contribution is -2.46. The molecule has 28 heavy (non-hydrogen) atoms. The smallest absolute Gasteiger partial charge is 0.319 e. The molecule has 1 atom stereocenters. The molecule has 0 saturated carbocycles. The molecule has 0 saturated heterocycles. The van der Waals surface area contributed by atoms with E-state index in [1.807, 2.05) is 0 Å². The predicted octanol–water partition coefficient (Wildman–Crippen LogP) is 3.14.